The first-order valence-corrected chi connectivity index (χ1v) is 12.1. The predicted octanol–water partition coefficient (Wildman–Crippen LogP) is 5.93. The lowest BCUT2D eigenvalue weighted by Gasteiger charge is -2.12. The summed E-state index contributed by atoms with van der Waals surface area (Å²) in [6.07, 6.45) is 0.230. The van der Waals surface area contributed by atoms with Crippen molar-refractivity contribution in [2.45, 2.75) is 11.3 Å². The molecule has 11 heteroatoms. The zero-order valence-electron chi connectivity index (χ0n) is 16.0. The minimum atomic E-state index is -3.75. The summed E-state index contributed by atoms with van der Waals surface area (Å²) in [7, 11) is -3.75. The van der Waals surface area contributed by atoms with E-state index in [0.29, 0.717) is 11.4 Å². The summed E-state index contributed by atoms with van der Waals surface area (Å²) in [6.45, 7) is 0. The number of para-hydroxylation sites is 1. The minimum absolute atomic E-state index is 0.0191. The van der Waals surface area contributed by atoms with Crippen molar-refractivity contribution in [1.82, 2.24) is 10.2 Å². The highest BCUT2D eigenvalue weighted by molar-refractivity contribution is 7.92. The van der Waals surface area contributed by atoms with E-state index in [1.807, 2.05) is 0 Å². The fourth-order valence-electron chi connectivity index (χ4n) is 3.17. The third kappa shape index (κ3) is 4.31. The van der Waals surface area contributed by atoms with Crippen LogP contribution in [0.4, 0.5) is 5.69 Å². The summed E-state index contributed by atoms with van der Waals surface area (Å²) >= 11 is 24.8. The molecule has 2 N–H and O–H groups in total. The number of H-pyrrole nitrogens is 1. The topological polar surface area (TPSA) is 91.9 Å². The molecule has 0 spiro atoms. The summed E-state index contributed by atoms with van der Waals surface area (Å²) < 4.78 is 27.7. The van der Waals surface area contributed by atoms with Gasteiger partial charge in [-0.05, 0) is 29.8 Å². The van der Waals surface area contributed by atoms with Crippen molar-refractivity contribution in [2.24, 2.45) is 0 Å². The fraction of sp³-hybridized carbons (Fsp3) is 0.0476. The number of benzene rings is 3. The second-order valence-corrected chi connectivity index (χ2v) is 9.99. The van der Waals surface area contributed by atoms with E-state index in [9.17, 15) is 13.2 Å². The van der Waals surface area contributed by atoms with Gasteiger partial charge in [0.15, 0.2) is 0 Å². The molecule has 0 aliphatic carbocycles. The van der Waals surface area contributed by atoms with Gasteiger partial charge in [-0.2, -0.15) is 5.10 Å². The normalized spacial score (nSPS) is 11.6. The van der Waals surface area contributed by atoms with Crippen LogP contribution in [0.25, 0.3) is 10.8 Å². The Morgan fingerprint density at radius 1 is 0.812 bits per heavy atom. The highest BCUT2D eigenvalue weighted by Crippen LogP contribution is 2.42. The molecule has 3 aromatic carbocycles. The molecule has 0 radical (unpaired) electrons. The Hall–Kier alpha value is -2.29. The Labute approximate surface area is 203 Å². The van der Waals surface area contributed by atoms with Crippen LogP contribution < -0.4 is 10.3 Å². The summed E-state index contributed by atoms with van der Waals surface area (Å²) in [5.41, 5.74) is 1.04. The summed E-state index contributed by atoms with van der Waals surface area (Å²) in [4.78, 5) is 12.4. The number of nitrogens with one attached hydrogen (secondary N) is 2. The van der Waals surface area contributed by atoms with Crippen LogP contribution in [-0.2, 0) is 16.4 Å². The van der Waals surface area contributed by atoms with E-state index in [0.717, 1.165) is 5.56 Å². The quantitative estimate of drug-likeness (QED) is 0.248. The van der Waals surface area contributed by atoms with Crippen molar-refractivity contribution in [3.05, 3.63) is 96.3 Å². The molecule has 4 aromatic rings. The predicted molar refractivity (Wildman–Crippen MR) is 129 cm³/mol. The number of aromatic amines is 1. The van der Waals surface area contributed by atoms with Gasteiger partial charge < -0.3 is 0 Å². The number of anilines is 1. The van der Waals surface area contributed by atoms with E-state index in [4.69, 9.17) is 46.4 Å². The lowest BCUT2D eigenvalue weighted by Crippen LogP contribution is -2.13. The van der Waals surface area contributed by atoms with Crippen LogP contribution in [0.3, 0.4) is 0 Å². The second kappa shape index (κ2) is 8.92. The maximum atomic E-state index is 12.6. The monoisotopic (exact) mass is 527 g/mol. The van der Waals surface area contributed by atoms with Crippen molar-refractivity contribution in [2.75, 3.05) is 4.72 Å². The number of fused-ring (bicyclic) bond motifs is 1. The third-order valence-electron chi connectivity index (χ3n) is 4.71. The van der Waals surface area contributed by atoms with Gasteiger partial charge in [-0.15, -0.1) is 0 Å². The molecule has 0 aliphatic rings. The van der Waals surface area contributed by atoms with Crippen LogP contribution in [0.5, 0.6) is 0 Å². The van der Waals surface area contributed by atoms with Gasteiger partial charge in [-0.3, -0.25) is 9.52 Å². The molecule has 0 atom stereocenters. The van der Waals surface area contributed by atoms with E-state index in [1.54, 1.807) is 42.5 Å². The van der Waals surface area contributed by atoms with Gasteiger partial charge in [0, 0.05) is 17.5 Å². The van der Waals surface area contributed by atoms with Gasteiger partial charge >= 0.3 is 0 Å². The van der Waals surface area contributed by atoms with Crippen molar-refractivity contribution in [3.63, 3.8) is 0 Å². The maximum Gasteiger partial charge on any atom is 0.273 e. The fourth-order valence-corrected chi connectivity index (χ4v) is 5.28. The number of hydrogen-bond donors (Lipinski definition) is 2. The van der Waals surface area contributed by atoms with E-state index < -0.39 is 15.6 Å². The molecule has 0 amide bonds. The van der Waals surface area contributed by atoms with Crippen LogP contribution in [0.1, 0.15) is 11.3 Å². The highest BCUT2D eigenvalue weighted by atomic mass is 35.5. The van der Waals surface area contributed by atoms with Crippen molar-refractivity contribution in [3.8, 4) is 0 Å². The van der Waals surface area contributed by atoms with E-state index in [-0.39, 0.29) is 42.2 Å². The van der Waals surface area contributed by atoms with Crippen LogP contribution >= 0.6 is 46.4 Å². The van der Waals surface area contributed by atoms with Gasteiger partial charge in [0.25, 0.3) is 15.6 Å². The van der Waals surface area contributed by atoms with Crippen molar-refractivity contribution < 1.29 is 8.42 Å². The van der Waals surface area contributed by atoms with Crippen LogP contribution in [-0.4, -0.2) is 18.6 Å². The number of hydrogen-bond acceptors (Lipinski definition) is 4. The van der Waals surface area contributed by atoms with Gasteiger partial charge in [0.2, 0.25) is 0 Å². The Kier molecular flexibility index (Phi) is 6.38. The molecule has 0 unspecified atom stereocenters. The first-order valence-electron chi connectivity index (χ1n) is 9.09. The van der Waals surface area contributed by atoms with Gasteiger partial charge in [-0.1, -0.05) is 76.7 Å². The number of rotatable bonds is 5. The molecular formula is C21H13Cl4N3O3S. The Morgan fingerprint density at radius 3 is 2.03 bits per heavy atom. The standard InChI is InChI=1S/C21H13Cl4N3O3S/c22-17-15-14(26-27-21(29)16(15)18(23)20(25)19(17)24)10-11-6-8-13(9-7-11)32(30,31)28-12-4-2-1-3-5-12/h1-9,28H,10H2,(H,27,29). The maximum absolute atomic E-state index is 12.6. The third-order valence-corrected chi connectivity index (χ3v) is 7.91. The Morgan fingerprint density at radius 2 is 1.41 bits per heavy atom. The van der Waals surface area contributed by atoms with Gasteiger partial charge in [-0.25, -0.2) is 13.5 Å². The first kappa shape index (κ1) is 22.9. The first-order chi connectivity index (χ1) is 15.2. The molecule has 0 fully saturated rings. The molecule has 1 heterocycles. The van der Waals surface area contributed by atoms with Gasteiger partial charge in [0.1, 0.15) is 0 Å². The molecular weight excluding hydrogens is 516 g/mol. The van der Waals surface area contributed by atoms with Crippen LogP contribution in [0.15, 0.2) is 64.3 Å². The lowest BCUT2D eigenvalue weighted by atomic mass is 10.0. The minimum Gasteiger partial charge on any atom is -0.280 e. The smallest absolute Gasteiger partial charge is 0.273 e. The van der Waals surface area contributed by atoms with Crippen LogP contribution in [0, 0.1) is 0 Å². The zero-order chi connectivity index (χ0) is 23.0. The highest BCUT2D eigenvalue weighted by Gasteiger charge is 2.21. The average Bonchev–Trinajstić information content (AvgIpc) is 2.78. The van der Waals surface area contributed by atoms with Gasteiger partial charge in [0.05, 0.1) is 36.1 Å². The Bertz CT molecular complexity index is 1490. The number of nitrogens with zero attached hydrogens (tertiary/aromatic N) is 1. The summed E-state index contributed by atoms with van der Waals surface area (Å²) in [5, 5.41) is 6.90. The number of sulfonamides is 1. The van der Waals surface area contributed by atoms with E-state index >= 15 is 0 Å². The second-order valence-electron chi connectivity index (χ2n) is 6.80. The summed E-state index contributed by atoms with van der Waals surface area (Å²) in [5.74, 6) is 0. The number of aromatic nitrogens is 2. The molecule has 4 rings (SSSR count). The molecule has 164 valence electrons. The molecule has 32 heavy (non-hydrogen) atoms. The molecule has 1 aromatic heterocycles. The number of halogens is 4. The largest absolute Gasteiger partial charge is 0.280 e. The van der Waals surface area contributed by atoms with E-state index in [2.05, 4.69) is 14.9 Å². The average molecular weight is 529 g/mol. The lowest BCUT2D eigenvalue weighted by molar-refractivity contribution is 0.601. The van der Waals surface area contributed by atoms with Crippen molar-refractivity contribution in [1.29, 1.82) is 0 Å². The molecule has 0 bridgehead atoms. The molecule has 0 aliphatic heterocycles. The van der Waals surface area contributed by atoms with Crippen molar-refractivity contribution >= 4 is 72.9 Å². The summed E-state index contributed by atoms with van der Waals surface area (Å²) in [6, 6.07) is 14.8. The zero-order valence-corrected chi connectivity index (χ0v) is 19.8. The molecule has 0 saturated heterocycles. The van der Waals surface area contributed by atoms with E-state index in [1.165, 1.54) is 12.1 Å². The molecule has 0 saturated carbocycles. The SMILES string of the molecule is O=c1[nH]nc(Cc2ccc(S(=O)(=O)Nc3ccccc3)cc2)c2c(Cl)c(Cl)c(Cl)c(Cl)c12. The Balaban J connectivity index is 1.69. The molecule has 6 nitrogen and oxygen atoms in total. The van der Waals surface area contributed by atoms with Crippen LogP contribution in [0.2, 0.25) is 20.1 Å².